The molecule has 0 aliphatic carbocycles. The van der Waals surface area contributed by atoms with Gasteiger partial charge in [-0.2, -0.15) is 0 Å². The molecule has 6 nitrogen and oxygen atoms in total. The topological polar surface area (TPSA) is 62.7 Å². The minimum atomic E-state index is -0.503. The number of rotatable bonds is 3. The van der Waals surface area contributed by atoms with Gasteiger partial charge in [0.05, 0.1) is 16.3 Å². The molecule has 1 saturated heterocycles. The van der Waals surface area contributed by atoms with Crippen LogP contribution in [0.5, 0.6) is 0 Å². The lowest BCUT2D eigenvalue weighted by Crippen LogP contribution is -2.45. The largest absolute Gasteiger partial charge is 0.444 e. The Labute approximate surface area is 170 Å². The number of fused-ring (bicyclic) bond motifs is 1. The highest BCUT2D eigenvalue weighted by molar-refractivity contribution is 7.18. The molecule has 2 amide bonds. The molecular weight excluding hydrogens is 374 g/mol. The number of ether oxygens (including phenoxy) is 1. The number of likely N-dealkylation sites (tertiary alicyclic amines) is 1. The van der Waals surface area contributed by atoms with Crippen molar-refractivity contribution in [3.63, 3.8) is 0 Å². The Balaban J connectivity index is 1.59. The molecule has 0 saturated carbocycles. The van der Waals surface area contributed by atoms with Crippen LogP contribution in [0.3, 0.4) is 0 Å². The maximum Gasteiger partial charge on any atom is 0.410 e. The molecule has 0 N–H and O–H groups in total. The summed E-state index contributed by atoms with van der Waals surface area (Å²) in [6.45, 7) is 8.70. The average Bonchev–Trinajstić information content (AvgIpc) is 3.09. The van der Waals surface area contributed by atoms with E-state index in [-0.39, 0.29) is 24.0 Å². The van der Waals surface area contributed by atoms with E-state index in [0.717, 1.165) is 15.2 Å². The van der Waals surface area contributed by atoms with Gasteiger partial charge in [0, 0.05) is 26.1 Å². The van der Waals surface area contributed by atoms with E-state index in [2.05, 4.69) is 11.1 Å². The zero-order valence-electron chi connectivity index (χ0n) is 17.3. The Bertz CT molecular complexity index is 817. The Morgan fingerprint density at radius 2 is 1.89 bits per heavy atom. The number of nitrogens with zero attached hydrogens (tertiary/aromatic N) is 3. The smallest absolute Gasteiger partial charge is 0.410 e. The molecule has 7 heteroatoms. The SMILES string of the molecule is C[C@@H](c1nc2ccccc2s1)N(C)C(=O)C1CCN(C(=O)OC(C)(C)C)CC1. The van der Waals surface area contributed by atoms with Crippen molar-refractivity contribution < 1.29 is 14.3 Å². The summed E-state index contributed by atoms with van der Waals surface area (Å²) in [5, 5.41) is 0.947. The third kappa shape index (κ3) is 4.63. The van der Waals surface area contributed by atoms with Crippen LogP contribution in [0.4, 0.5) is 4.79 Å². The number of carbonyl (C=O) groups is 2. The van der Waals surface area contributed by atoms with E-state index in [9.17, 15) is 9.59 Å². The molecule has 1 aliphatic heterocycles. The summed E-state index contributed by atoms with van der Waals surface area (Å²) >= 11 is 1.63. The monoisotopic (exact) mass is 403 g/mol. The molecule has 1 fully saturated rings. The molecule has 1 aliphatic rings. The first-order valence-electron chi connectivity index (χ1n) is 9.76. The van der Waals surface area contributed by atoms with Crippen LogP contribution >= 0.6 is 11.3 Å². The van der Waals surface area contributed by atoms with Gasteiger partial charge < -0.3 is 14.5 Å². The van der Waals surface area contributed by atoms with Gasteiger partial charge in [-0.05, 0) is 52.7 Å². The van der Waals surface area contributed by atoms with Crippen molar-refractivity contribution in [1.82, 2.24) is 14.8 Å². The lowest BCUT2D eigenvalue weighted by molar-refractivity contribution is -0.137. The van der Waals surface area contributed by atoms with Crippen molar-refractivity contribution in [1.29, 1.82) is 0 Å². The van der Waals surface area contributed by atoms with Crippen LogP contribution in [-0.2, 0) is 9.53 Å². The summed E-state index contributed by atoms with van der Waals surface area (Å²) in [5.41, 5.74) is 0.470. The number of hydrogen-bond donors (Lipinski definition) is 0. The Morgan fingerprint density at radius 1 is 1.25 bits per heavy atom. The fraction of sp³-hybridized carbons (Fsp3) is 0.571. The zero-order valence-corrected chi connectivity index (χ0v) is 18.1. The maximum absolute atomic E-state index is 13.0. The number of hydrogen-bond acceptors (Lipinski definition) is 5. The van der Waals surface area contributed by atoms with Crippen molar-refractivity contribution in [2.45, 2.75) is 52.2 Å². The minimum absolute atomic E-state index is 0.0690. The van der Waals surface area contributed by atoms with Gasteiger partial charge in [0.2, 0.25) is 5.91 Å². The van der Waals surface area contributed by atoms with Crippen LogP contribution in [0.1, 0.15) is 51.6 Å². The van der Waals surface area contributed by atoms with E-state index in [0.29, 0.717) is 25.9 Å². The maximum atomic E-state index is 13.0. The summed E-state index contributed by atoms with van der Waals surface area (Å²) in [6, 6.07) is 7.95. The van der Waals surface area contributed by atoms with Gasteiger partial charge >= 0.3 is 6.09 Å². The minimum Gasteiger partial charge on any atom is -0.444 e. The first kappa shape index (κ1) is 20.6. The molecule has 1 atom stereocenters. The van der Waals surface area contributed by atoms with Crippen molar-refractivity contribution in [2.75, 3.05) is 20.1 Å². The second-order valence-corrected chi connectivity index (χ2v) is 9.45. The number of thiazole rings is 1. The molecule has 0 radical (unpaired) electrons. The highest BCUT2D eigenvalue weighted by Gasteiger charge is 2.33. The summed E-state index contributed by atoms with van der Waals surface area (Å²) in [4.78, 5) is 33.4. The number of benzene rings is 1. The fourth-order valence-electron chi connectivity index (χ4n) is 3.35. The predicted octanol–water partition coefficient (Wildman–Crippen LogP) is 4.46. The molecule has 1 aromatic carbocycles. The number of amides is 2. The number of piperidine rings is 1. The van der Waals surface area contributed by atoms with Crippen LogP contribution < -0.4 is 0 Å². The summed E-state index contributed by atoms with van der Waals surface area (Å²) in [6.07, 6.45) is 1.03. The predicted molar refractivity (Wildman–Crippen MR) is 111 cm³/mol. The lowest BCUT2D eigenvalue weighted by atomic mass is 9.95. The zero-order chi connectivity index (χ0) is 20.5. The van der Waals surface area contributed by atoms with E-state index >= 15 is 0 Å². The van der Waals surface area contributed by atoms with Crippen molar-refractivity contribution >= 4 is 33.6 Å². The Hall–Kier alpha value is -2.15. The number of carbonyl (C=O) groups excluding carboxylic acids is 2. The number of para-hydroxylation sites is 1. The first-order chi connectivity index (χ1) is 13.2. The molecule has 2 heterocycles. The van der Waals surface area contributed by atoms with E-state index in [1.807, 2.05) is 52.9 Å². The average molecular weight is 404 g/mol. The molecule has 28 heavy (non-hydrogen) atoms. The second kappa shape index (κ2) is 8.07. The second-order valence-electron chi connectivity index (χ2n) is 8.39. The molecule has 0 unspecified atom stereocenters. The fourth-order valence-corrected chi connectivity index (χ4v) is 4.41. The molecular formula is C21H29N3O3S. The van der Waals surface area contributed by atoms with Crippen LogP contribution in [0.25, 0.3) is 10.2 Å². The van der Waals surface area contributed by atoms with Gasteiger partial charge in [0.15, 0.2) is 0 Å². The lowest BCUT2D eigenvalue weighted by Gasteiger charge is -2.35. The highest BCUT2D eigenvalue weighted by atomic mass is 32.1. The van der Waals surface area contributed by atoms with Crippen molar-refractivity contribution in [3.05, 3.63) is 29.3 Å². The van der Waals surface area contributed by atoms with Crippen LogP contribution in [0.2, 0.25) is 0 Å². The highest BCUT2D eigenvalue weighted by Crippen LogP contribution is 2.31. The summed E-state index contributed by atoms with van der Waals surface area (Å²) in [7, 11) is 1.85. The third-order valence-corrected chi connectivity index (χ3v) is 6.30. The van der Waals surface area contributed by atoms with E-state index < -0.39 is 5.60 Å². The van der Waals surface area contributed by atoms with Crippen molar-refractivity contribution in [3.8, 4) is 0 Å². The van der Waals surface area contributed by atoms with E-state index in [1.54, 1.807) is 21.1 Å². The van der Waals surface area contributed by atoms with Gasteiger partial charge in [0.25, 0.3) is 0 Å². The molecule has 1 aromatic heterocycles. The number of aromatic nitrogens is 1. The van der Waals surface area contributed by atoms with Gasteiger partial charge in [0.1, 0.15) is 10.6 Å². The van der Waals surface area contributed by atoms with Gasteiger partial charge in [-0.25, -0.2) is 9.78 Å². The summed E-state index contributed by atoms with van der Waals surface area (Å²) < 4.78 is 6.57. The molecule has 3 rings (SSSR count). The van der Waals surface area contributed by atoms with E-state index in [1.165, 1.54) is 0 Å². The van der Waals surface area contributed by atoms with Crippen LogP contribution in [0, 0.1) is 5.92 Å². The van der Waals surface area contributed by atoms with Gasteiger partial charge in [-0.3, -0.25) is 4.79 Å². The third-order valence-electron chi connectivity index (χ3n) is 5.09. The first-order valence-corrected chi connectivity index (χ1v) is 10.6. The standard InChI is InChI=1S/C21H29N3O3S/c1-14(18-22-16-8-6-7-9-17(16)28-18)23(5)19(25)15-10-12-24(13-11-15)20(26)27-21(2,3)4/h6-9,14-15H,10-13H2,1-5H3/t14-/m0/s1. The van der Waals surface area contributed by atoms with Crippen LogP contribution in [0.15, 0.2) is 24.3 Å². The normalized spacial score (nSPS) is 16.8. The van der Waals surface area contributed by atoms with E-state index in [4.69, 9.17) is 4.74 Å². The van der Waals surface area contributed by atoms with Gasteiger partial charge in [-0.15, -0.1) is 11.3 Å². The molecule has 0 spiro atoms. The van der Waals surface area contributed by atoms with Gasteiger partial charge in [-0.1, -0.05) is 12.1 Å². The molecule has 152 valence electrons. The van der Waals surface area contributed by atoms with Crippen LogP contribution in [-0.4, -0.2) is 52.5 Å². The molecule has 0 bridgehead atoms. The quantitative estimate of drug-likeness (QED) is 0.759. The Kier molecular flexibility index (Phi) is 5.93. The molecule has 2 aromatic rings. The Morgan fingerprint density at radius 3 is 2.50 bits per heavy atom. The summed E-state index contributed by atoms with van der Waals surface area (Å²) in [5.74, 6) is 0.0520. The van der Waals surface area contributed by atoms with Crippen molar-refractivity contribution in [2.24, 2.45) is 5.92 Å².